The van der Waals surface area contributed by atoms with Gasteiger partial charge in [0.05, 0.1) is 24.1 Å². The van der Waals surface area contributed by atoms with Crippen LogP contribution in [0.3, 0.4) is 0 Å². The third-order valence-electron chi connectivity index (χ3n) is 4.75. The highest BCUT2D eigenvalue weighted by atomic mass is 35.5. The number of hydrogen-bond donors (Lipinski definition) is 1. The molecule has 0 radical (unpaired) electrons. The van der Waals surface area contributed by atoms with Crippen LogP contribution >= 0.6 is 11.6 Å². The molecule has 136 valence electrons. The second-order valence-electron chi connectivity index (χ2n) is 6.25. The lowest BCUT2D eigenvalue weighted by atomic mass is 9.87. The second kappa shape index (κ2) is 6.78. The minimum Gasteiger partial charge on any atom is -0.350 e. The number of nitrogens with zero attached hydrogens (tertiary/aromatic N) is 3. The summed E-state index contributed by atoms with van der Waals surface area (Å²) >= 11 is 5.86. The molecule has 6 nitrogen and oxygen atoms in total. The third-order valence-corrected chi connectivity index (χ3v) is 5.07. The lowest BCUT2D eigenvalue weighted by Gasteiger charge is -2.36. The van der Waals surface area contributed by atoms with Crippen molar-refractivity contribution in [1.29, 1.82) is 0 Å². The van der Waals surface area contributed by atoms with Crippen LogP contribution in [0, 0.1) is 11.8 Å². The fourth-order valence-corrected chi connectivity index (χ4v) is 3.64. The molecule has 3 atom stereocenters. The van der Waals surface area contributed by atoms with Crippen molar-refractivity contribution in [1.82, 2.24) is 20.2 Å². The molecule has 2 fully saturated rings. The summed E-state index contributed by atoms with van der Waals surface area (Å²) in [5.41, 5.74) is 0.403. The van der Waals surface area contributed by atoms with Gasteiger partial charge < -0.3 is 10.2 Å². The van der Waals surface area contributed by atoms with Gasteiger partial charge in [0.15, 0.2) is 5.15 Å². The number of carbonyl (C=O) groups is 2. The maximum absolute atomic E-state index is 13.0. The molecule has 2 aliphatic rings. The van der Waals surface area contributed by atoms with Crippen molar-refractivity contribution >= 4 is 23.4 Å². The number of aromatic nitrogens is 2. The van der Waals surface area contributed by atoms with Gasteiger partial charge in [-0.15, -0.1) is 0 Å². The standard InChI is InChI=1S/C15H16ClF3N4O2/c16-13-10(20-3-4-21-13)6-22-14(25)8-1-2-11-9(15(17,18)19)5-12(24)23(11)7-8/h3-4,8-9,11H,1-2,5-7H2,(H,22,25)/t8-,9+,11-/m0/s1. The number of alkyl halides is 3. The first-order valence-electron chi connectivity index (χ1n) is 7.86. The van der Waals surface area contributed by atoms with Crippen LogP contribution < -0.4 is 5.32 Å². The lowest BCUT2D eigenvalue weighted by molar-refractivity contribution is -0.182. The van der Waals surface area contributed by atoms with Crippen LogP contribution in [0.1, 0.15) is 25.0 Å². The Balaban J connectivity index is 1.60. The molecular weight excluding hydrogens is 361 g/mol. The Hall–Kier alpha value is -1.90. The van der Waals surface area contributed by atoms with Crippen LogP contribution in [0.15, 0.2) is 12.4 Å². The summed E-state index contributed by atoms with van der Waals surface area (Å²) in [6.45, 7) is 0.0840. The molecule has 1 aromatic heterocycles. The van der Waals surface area contributed by atoms with Gasteiger partial charge in [-0.3, -0.25) is 14.6 Å². The first kappa shape index (κ1) is 17.9. The van der Waals surface area contributed by atoms with Gasteiger partial charge in [0.25, 0.3) is 0 Å². The van der Waals surface area contributed by atoms with Crippen molar-refractivity contribution in [2.45, 2.75) is 38.0 Å². The van der Waals surface area contributed by atoms with Crippen molar-refractivity contribution in [3.05, 3.63) is 23.2 Å². The number of carbonyl (C=O) groups excluding carboxylic acids is 2. The summed E-state index contributed by atoms with van der Waals surface area (Å²) in [7, 11) is 0. The minimum absolute atomic E-state index is 0.0100. The smallest absolute Gasteiger partial charge is 0.350 e. The van der Waals surface area contributed by atoms with Crippen LogP contribution in [0.5, 0.6) is 0 Å². The minimum atomic E-state index is -4.40. The summed E-state index contributed by atoms with van der Waals surface area (Å²) in [6.07, 6.45) is -1.59. The zero-order chi connectivity index (χ0) is 18.2. The Morgan fingerprint density at radius 2 is 2.04 bits per heavy atom. The lowest BCUT2D eigenvalue weighted by Crippen LogP contribution is -2.49. The number of amides is 2. The normalized spacial score (nSPS) is 26.5. The van der Waals surface area contributed by atoms with E-state index in [0.717, 1.165) is 0 Å². The summed E-state index contributed by atoms with van der Waals surface area (Å²) in [5, 5.41) is 2.83. The molecule has 0 unspecified atom stereocenters. The Morgan fingerprint density at radius 1 is 1.32 bits per heavy atom. The average molecular weight is 377 g/mol. The van der Waals surface area contributed by atoms with Gasteiger partial charge in [-0.25, -0.2) is 4.98 Å². The van der Waals surface area contributed by atoms with Gasteiger partial charge in [0.2, 0.25) is 11.8 Å². The summed E-state index contributed by atoms with van der Waals surface area (Å²) in [5.74, 6) is -3.05. The van der Waals surface area contributed by atoms with Crippen LogP contribution in [0.4, 0.5) is 13.2 Å². The Labute approximate surface area is 146 Å². The van der Waals surface area contributed by atoms with E-state index < -0.39 is 36.4 Å². The topological polar surface area (TPSA) is 75.2 Å². The SMILES string of the molecule is O=C(NCc1nccnc1Cl)[C@H]1CC[C@H]2[C@H](C(F)(F)F)CC(=O)N2C1. The number of fused-ring (bicyclic) bond motifs is 1. The van der Waals surface area contributed by atoms with Gasteiger partial charge in [-0.05, 0) is 12.8 Å². The van der Waals surface area contributed by atoms with Crippen LogP contribution in [0.25, 0.3) is 0 Å². The first-order chi connectivity index (χ1) is 11.8. The third kappa shape index (κ3) is 3.70. The predicted molar refractivity (Wildman–Crippen MR) is 81.3 cm³/mol. The molecule has 2 saturated heterocycles. The molecule has 2 aliphatic heterocycles. The van der Waals surface area contributed by atoms with Gasteiger partial charge >= 0.3 is 6.18 Å². The van der Waals surface area contributed by atoms with E-state index in [1.807, 2.05) is 0 Å². The predicted octanol–water partition coefficient (Wildman–Crippen LogP) is 1.94. The molecule has 0 aromatic carbocycles. The van der Waals surface area contributed by atoms with Crippen molar-refractivity contribution < 1.29 is 22.8 Å². The van der Waals surface area contributed by atoms with Gasteiger partial charge in [0, 0.05) is 31.4 Å². The fourth-order valence-electron chi connectivity index (χ4n) is 3.47. The molecule has 25 heavy (non-hydrogen) atoms. The number of nitrogens with one attached hydrogen (secondary N) is 1. The average Bonchev–Trinajstić information content (AvgIpc) is 2.90. The van der Waals surface area contributed by atoms with E-state index >= 15 is 0 Å². The number of hydrogen-bond acceptors (Lipinski definition) is 4. The van der Waals surface area contributed by atoms with Gasteiger partial charge in [0.1, 0.15) is 0 Å². The van der Waals surface area contributed by atoms with E-state index in [1.54, 1.807) is 0 Å². The van der Waals surface area contributed by atoms with E-state index in [4.69, 9.17) is 11.6 Å². The van der Waals surface area contributed by atoms with Crippen LogP contribution in [-0.4, -0.2) is 45.4 Å². The summed E-state index contributed by atoms with van der Waals surface area (Å²) < 4.78 is 39.1. The first-order valence-corrected chi connectivity index (χ1v) is 8.24. The number of halogens is 4. The second-order valence-corrected chi connectivity index (χ2v) is 6.61. The number of rotatable bonds is 3. The van der Waals surface area contributed by atoms with Crippen molar-refractivity contribution in [3.63, 3.8) is 0 Å². The van der Waals surface area contributed by atoms with E-state index in [2.05, 4.69) is 15.3 Å². The van der Waals surface area contributed by atoms with E-state index in [9.17, 15) is 22.8 Å². The Morgan fingerprint density at radius 3 is 2.72 bits per heavy atom. The molecule has 3 rings (SSSR count). The monoisotopic (exact) mass is 376 g/mol. The molecule has 0 saturated carbocycles. The maximum Gasteiger partial charge on any atom is 0.394 e. The van der Waals surface area contributed by atoms with Crippen molar-refractivity contribution in [3.8, 4) is 0 Å². The van der Waals surface area contributed by atoms with Crippen molar-refractivity contribution in [2.75, 3.05) is 6.54 Å². The molecule has 0 aliphatic carbocycles. The highest BCUT2D eigenvalue weighted by Gasteiger charge is 2.55. The molecule has 2 amide bonds. The zero-order valence-corrected chi connectivity index (χ0v) is 13.8. The molecule has 1 N–H and O–H groups in total. The number of piperidine rings is 1. The quantitative estimate of drug-likeness (QED) is 0.874. The molecule has 0 bridgehead atoms. The molecule has 3 heterocycles. The Kier molecular flexibility index (Phi) is 4.86. The van der Waals surface area contributed by atoms with Gasteiger partial charge in [-0.2, -0.15) is 13.2 Å². The van der Waals surface area contributed by atoms with E-state index in [0.29, 0.717) is 12.1 Å². The largest absolute Gasteiger partial charge is 0.394 e. The van der Waals surface area contributed by atoms with E-state index in [1.165, 1.54) is 17.3 Å². The molecule has 10 heteroatoms. The van der Waals surface area contributed by atoms with Crippen LogP contribution in [0.2, 0.25) is 5.15 Å². The summed E-state index contributed by atoms with van der Waals surface area (Å²) in [6, 6.07) is -0.856. The highest BCUT2D eigenvalue weighted by Crippen LogP contribution is 2.43. The fraction of sp³-hybridized carbons (Fsp3) is 0.600. The molecule has 1 aromatic rings. The zero-order valence-electron chi connectivity index (χ0n) is 13.1. The molecule has 0 spiro atoms. The van der Waals surface area contributed by atoms with Crippen LogP contribution in [-0.2, 0) is 16.1 Å². The van der Waals surface area contributed by atoms with Gasteiger partial charge in [-0.1, -0.05) is 11.6 Å². The van der Waals surface area contributed by atoms with E-state index in [-0.39, 0.29) is 30.6 Å². The maximum atomic E-state index is 13.0. The molecular formula is C15H16ClF3N4O2. The Bertz CT molecular complexity index is 685. The summed E-state index contributed by atoms with van der Waals surface area (Å²) in [4.78, 5) is 33.3. The van der Waals surface area contributed by atoms with Crippen molar-refractivity contribution in [2.24, 2.45) is 11.8 Å². The highest BCUT2D eigenvalue weighted by molar-refractivity contribution is 6.29.